The van der Waals surface area contributed by atoms with Gasteiger partial charge in [-0.2, -0.15) is 0 Å². The summed E-state index contributed by atoms with van der Waals surface area (Å²) in [6.07, 6.45) is 0. The number of hydrogen-bond donors (Lipinski definition) is 0. The summed E-state index contributed by atoms with van der Waals surface area (Å²) in [5.41, 5.74) is -0.243. The van der Waals surface area contributed by atoms with Gasteiger partial charge in [-0.3, -0.25) is 10.1 Å². The number of nitrogens with zero attached hydrogens (tertiary/aromatic N) is 1. The number of esters is 1. The van der Waals surface area contributed by atoms with E-state index in [4.69, 9.17) is 9.47 Å². The van der Waals surface area contributed by atoms with Crippen molar-refractivity contribution in [2.45, 2.75) is 6.61 Å². The lowest BCUT2D eigenvalue weighted by Gasteiger charge is -2.09. The van der Waals surface area contributed by atoms with Crippen LogP contribution in [0.3, 0.4) is 0 Å². The highest BCUT2D eigenvalue weighted by atomic mass is 19.1. The third kappa shape index (κ3) is 4.00. The van der Waals surface area contributed by atoms with E-state index in [1.165, 1.54) is 25.3 Å². The quantitative estimate of drug-likeness (QED) is 0.479. The van der Waals surface area contributed by atoms with E-state index in [1.54, 1.807) is 0 Å². The lowest BCUT2D eigenvalue weighted by atomic mass is 10.2. The number of methoxy groups -OCH3 is 1. The Hall–Kier alpha value is -3.03. The molecule has 2 aromatic carbocycles. The second kappa shape index (κ2) is 6.82. The van der Waals surface area contributed by atoms with Crippen molar-refractivity contribution < 1.29 is 28.0 Å². The monoisotopic (exact) mass is 323 g/mol. The maximum absolute atomic E-state index is 13.1. The zero-order chi connectivity index (χ0) is 17.0. The Balaban J connectivity index is 2.17. The molecule has 2 rings (SSSR count). The average Bonchev–Trinajstić information content (AvgIpc) is 2.51. The van der Waals surface area contributed by atoms with Crippen LogP contribution in [0.4, 0.5) is 14.5 Å². The molecule has 0 aliphatic carbocycles. The van der Waals surface area contributed by atoms with Gasteiger partial charge in [-0.15, -0.1) is 0 Å². The van der Waals surface area contributed by atoms with E-state index in [0.717, 1.165) is 12.1 Å². The fourth-order valence-corrected chi connectivity index (χ4v) is 1.89. The Labute approximate surface area is 129 Å². The lowest BCUT2D eigenvalue weighted by molar-refractivity contribution is -0.385. The van der Waals surface area contributed by atoms with E-state index < -0.39 is 22.5 Å². The van der Waals surface area contributed by atoms with Crippen LogP contribution in [0.2, 0.25) is 0 Å². The van der Waals surface area contributed by atoms with E-state index in [1.807, 2.05) is 0 Å². The van der Waals surface area contributed by atoms with Crippen molar-refractivity contribution in [3.63, 3.8) is 0 Å². The number of halogens is 2. The molecule has 120 valence electrons. The first kappa shape index (κ1) is 16.3. The number of non-ortho nitro benzene ring substituents is 1. The van der Waals surface area contributed by atoms with Gasteiger partial charge in [0.25, 0.3) is 5.69 Å². The highest BCUT2D eigenvalue weighted by molar-refractivity contribution is 5.89. The van der Waals surface area contributed by atoms with E-state index in [2.05, 4.69) is 0 Å². The summed E-state index contributed by atoms with van der Waals surface area (Å²) in [5, 5.41) is 10.8. The lowest BCUT2D eigenvalue weighted by Crippen LogP contribution is -2.07. The van der Waals surface area contributed by atoms with Gasteiger partial charge in [-0.25, -0.2) is 13.6 Å². The molecule has 2 aromatic rings. The second-order valence-corrected chi connectivity index (χ2v) is 4.49. The smallest absolute Gasteiger partial charge is 0.338 e. The van der Waals surface area contributed by atoms with Gasteiger partial charge in [0.2, 0.25) is 0 Å². The fraction of sp³-hybridized carbons (Fsp3) is 0.133. The fourth-order valence-electron chi connectivity index (χ4n) is 1.89. The summed E-state index contributed by atoms with van der Waals surface area (Å²) in [6, 6.07) is 6.08. The second-order valence-electron chi connectivity index (χ2n) is 4.49. The predicted octanol–water partition coefficient (Wildman–Crippen LogP) is 3.24. The van der Waals surface area contributed by atoms with Gasteiger partial charge in [-0.05, 0) is 18.2 Å². The third-order valence-electron chi connectivity index (χ3n) is 2.93. The third-order valence-corrected chi connectivity index (χ3v) is 2.93. The largest absolute Gasteiger partial charge is 0.496 e. The number of carbonyl (C=O) groups excluding carboxylic acids is 1. The molecular formula is C15H11F2NO5. The van der Waals surface area contributed by atoms with Crippen LogP contribution in [0.25, 0.3) is 0 Å². The topological polar surface area (TPSA) is 78.7 Å². The summed E-state index contributed by atoms with van der Waals surface area (Å²) in [7, 11) is 1.36. The van der Waals surface area contributed by atoms with Crippen molar-refractivity contribution in [3.8, 4) is 5.75 Å². The molecule has 0 N–H and O–H groups in total. The van der Waals surface area contributed by atoms with Crippen LogP contribution in [0.1, 0.15) is 15.9 Å². The molecule has 23 heavy (non-hydrogen) atoms. The maximum Gasteiger partial charge on any atom is 0.338 e. The van der Waals surface area contributed by atoms with Gasteiger partial charge in [-0.1, -0.05) is 0 Å². The normalized spacial score (nSPS) is 10.2. The number of ether oxygens (including phenoxy) is 2. The molecule has 0 fully saturated rings. The molecule has 0 unspecified atom stereocenters. The average molecular weight is 323 g/mol. The summed E-state index contributed by atoms with van der Waals surface area (Å²) in [5.74, 6) is -2.50. The van der Waals surface area contributed by atoms with Crippen LogP contribution in [0, 0.1) is 21.7 Å². The molecule has 8 heteroatoms. The Bertz CT molecular complexity index is 743. The van der Waals surface area contributed by atoms with Crippen LogP contribution in [0.5, 0.6) is 5.75 Å². The molecule has 0 amide bonds. The molecule has 0 aromatic heterocycles. The summed E-state index contributed by atoms with van der Waals surface area (Å²) < 4.78 is 36.1. The molecule has 6 nitrogen and oxygen atoms in total. The first-order valence-electron chi connectivity index (χ1n) is 6.35. The van der Waals surface area contributed by atoms with Gasteiger partial charge < -0.3 is 9.47 Å². The van der Waals surface area contributed by atoms with Gasteiger partial charge >= 0.3 is 5.97 Å². The molecular weight excluding hydrogens is 312 g/mol. The van der Waals surface area contributed by atoms with Crippen molar-refractivity contribution in [1.82, 2.24) is 0 Å². The number of carbonyl (C=O) groups is 1. The number of hydrogen-bond acceptors (Lipinski definition) is 5. The highest BCUT2D eigenvalue weighted by Gasteiger charge is 2.15. The van der Waals surface area contributed by atoms with Crippen LogP contribution in [0.15, 0.2) is 36.4 Å². The number of nitro groups is 1. The Morgan fingerprint density at radius 3 is 2.39 bits per heavy atom. The van der Waals surface area contributed by atoms with E-state index in [0.29, 0.717) is 6.07 Å². The Morgan fingerprint density at radius 1 is 1.17 bits per heavy atom. The summed E-state index contributed by atoms with van der Waals surface area (Å²) in [4.78, 5) is 22.0. The molecule has 0 saturated carbocycles. The Kier molecular flexibility index (Phi) is 4.85. The minimum absolute atomic E-state index is 0.200. The van der Waals surface area contributed by atoms with Crippen LogP contribution in [-0.4, -0.2) is 18.0 Å². The maximum atomic E-state index is 13.1. The van der Waals surface area contributed by atoms with Crippen LogP contribution >= 0.6 is 0 Å². The summed E-state index contributed by atoms with van der Waals surface area (Å²) in [6.45, 7) is -0.345. The molecule has 0 spiro atoms. The van der Waals surface area contributed by atoms with Crippen LogP contribution < -0.4 is 4.74 Å². The first-order valence-corrected chi connectivity index (χ1v) is 6.35. The molecule has 0 atom stereocenters. The van der Waals surface area contributed by atoms with Crippen molar-refractivity contribution >= 4 is 11.7 Å². The molecule has 0 bridgehead atoms. The number of rotatable bonds is 5. The minimum atomic E-state index is -0.961. The molecule has 0 radical (unpaired) electrons. The zero-order valence-corrected chi connectivity index (χ0v) is 11.9. The summed E-state index contributed by atoms with van der Waals surface area (Å²) >= 11 is 0. The van der Waals surface area contributed by atoms with Crippen LogP contribution in [-0.2, 0) is 11.3 Å². The van der Waals surface area contributed by atoms with Crippen molar-refractivity contribution in [2.75, 3.05) is 7.11 Å². The van der Waals surface area contributed by atoms with E-state index in [-0.39, 0.29) is 29.2 Å². The molecule has 0 saturated heterocycles. The number of nitro benzene ring substituents is 1. The molecule has 0 aliphatic rings. The van der Waals surface area contributed by atoms with Crippen molar-refractivity contribution in [2.24, 2.45) is 0 Å². The molecule has 0 heterocycles. The highest BCUT2D eigenvalue weighted by Crippen LogP contribution is 2.25. The number of benzene rings is 2. The van der Waals surface area contributed by atoms with Gasteiger partial charge in [0.1, 0.15) is 24.0 Å². The van der Waals surface area contributed by atoms with Gasteiger partial charge in [0.05, 0.1) is 17.6 Å². The standard InChI is InChI=1S/C15H11F2NO5/c1-22-14-3-2-13(18(20)21)6-10(14)8-23-15(19)9-4-11(16)7-12(17)5-9/h2-7H,8H2,1H3. The van der Waals surface area contributed by atoms with Crippen molar-refractivity contribution in [3.05, 3.63) is 69.3 Å². The SMILES string of the molecule is COc1ccc([N+](=O)[O-])cc1COC(=O)c1cc(F)cc(F)c1. The van der Waals surface area contributed by atoms with E-state index >= 15 is 0 Å². The predicted molar refractivity (Wildman–Crippen MR) is 75.1 cm³/mol. The minimum Gasteiger partial charge on any atom is -0.496 e. The van der Waals surface area contributed by atoms with Gasteiger partial charge in [0.15, 0.2) is 0 Å². The first-order chi connectivity index (χ1) is 10.9. The zero-order valence-electron chi connectivity index (χ0n) is 11.9. The molecule has 0 aliphatic heterocycles. The van der Waals surface area contributed by atoms with Gasteiger partial charge in [0, 0.05) is 23.8 Å². The Morgan fingerprint density at radius 2 is 1.83 bits per heavy atom. The van der Waals surface area contributed by atoms with E-state index in [9.17, 15) is 23.7 Å². The van der Waals surface area contributed by atoms with Crippen molar-refractivity contribution in [1.29, 1.82) is 0 Å².